The molecule has 1 saturated carbocycles. The molecule has 1 amide bonds. The van der Waals surface area contributed by atoms with Crippen LogP contribution >= 0.6 is 11.6 Å². The van der Waals surface area contributed by atoms with Crippen LogP contribution in [0.15, 0.2) is 24.3 Å². The third-order valence-corrected chi connectivity index (χ3v) is 4.47. The fourth-order valence-electron chi connectivity index (χ4n) is 2.97. The lowest BCUT2D eigenvalue weighted by atomic mass is 9.75. The largest absolute Gasteiger partial charge is 0.355 e. The van der Waals surface area contributed by atoms with E-state index in [-0.39, 0.29) is 5.91 Å². The van der Waals surface area contributed by atoms with Crippen LogP contribution in [0.3, 0.4) is 0 Å². The van der Waals surface area contributed by atoms with E-state index in [4.69, 9.17) is 11.6 Å². The minimum Gasteiger partial charge on any atom is -0.355 e. The second kappa shape index (κ2) is 5.51. The first-order valence-electron chi connectivity index (χ1n) is 6.99. The summed E-state index contributed by atoms with van der Waals surface area (Å²) in [6.07, 6.45) is 4.00. The average Bonchev–Trinajstić information content (AvgIpc) is 2.37. The van der Waals surface area contributed by atoms with Gasteiger partial charge in [0.2, 0.25) is 5.91 Å². The Kier molecular flexibility index (Phi) is 3.76. The van der Waals surface area contributed by atoms with Crippen molar-refractivity contribution in [2.45, 2.75) is 43.7 Å². The van der Waals surface area contributed by atoms with E-state index in [1.165, 1.54) is 18.4 Å². The summed E-state index contributed by atoms with van der Waals surface area (Å²) < 4.78 is 0. The van der Waals surface area contributed by atoms with Gasteiger partial charge in [-0.05, 0) is 42.9 Å². The molecule has 3 nitrogen and oxygen atoms in total. The number of amides is 1. The molecule has 1 aromatic rings. The summed E-state index contributed by atoms with van der Waals surface area (Å²) in [4.78, 5) is 11.1. The van der Waals surface area contributed by atoms with Gasteiger partial charge in [0.15, 0.2) is 0 Å². The van der Waals surface area contributed by atoms with Crippen molar-refractivity contribution in [1.82, 2.24) is 10.6 Å². The van der Waals surface area contributed by atoms with Crippen molar-refractivity contribution < 1.29 is 4.79 Å². The molecule has 102 valence electrons. The molecule has 1 saturated heterocycles. The van der Waals surface area contributed by atoms with Gasteiger partial charge in [0.1, 0.15) is 0 Å². The second-order valence-corrected chi connectivity index (χ2v) is 6.06. The Balaban J connectivity index is 1.45. The van der Waals surface area contributed by atoms with E-state index in [1.54, 1.807) is 0 Å². The van der Waals surface area contributed by atoms with Gasteiger partial charge in [0.25, 0.3) is 0 Å². The van der Waals surface area contributed by atoms with Gasteiger partial charge in [-0.2, -0.15) is 0 Å². The van der Waals surface area contributed by atoms with Crippen molar-refractivity contribution in [1.29, 1.82) is 0 Å². The summed E-state index contributed by atoms with van der Waals surface area (Å²) in [5.74, 6) is 0.846. The van der Waals surface area contributed by atoms with Crippen molar-refractivity contribution >= 4 is 17.5 Å². The van der Waals surface area contributed by atoms with Crippen molar-refractivity contribution in [2.24, 2.45) is 0 Å². The van der Waals surface area contributed by atoms with Crippen molar-refractivity contribution in [3.8, 4) is 0 Å². The molecule has 0 aromatic heterocycles. The molecule has 2 fully saturated rings. The van der Waals surface area contributed by atoms with Gasteiger partial charge in [0, 0.05) is 30.1 Å². The van der Waals surface area contributed by atoms with Crippen LogP contribution in [0.4, 0.5) is 0 Å². The summed E-state index contributed by atoms with van der Waals surface area (Å²) >= 11 is 5.90. The Labute approximate surface area is 118 Å². The fourth-order valence-corrected chi connectivity index (χ4v) is 3.10. The molecule has 19 heavy (non-hydrogen) atoms. The quantitative estimate of drug-likeness (QED) is 0.892. The molecule has 1 aliphatic heterocycles. The summed E-state index contributed by atoms with van der Waals surface area (Å²) in [5.41, 5.74) is 1.39. The molecule has 1 unspecified atom stereocenters. The normalized spacial score (nSPS) is 30.6. The van der Waals surface area contributed by atoms with Gasteiger partial charge in [-0.1, -0.05) is 23.7 Å². The predicted molar refractivity (Wildman–Crippen MR) is 76.4 cm³/mol. The molecule has 1 heterocycles. The zero-order chi connectivity index (χ0) is 13.2. The van der Waals surface area contributed by atoms with Crippen LogP contribution in [0.1, 0.15) is 37.2 Å². The summed E-state index contributed by atoms with van der Waals surface area (Å²) in [5, 5.41) is 7.37. The van der Waals surface area contributed by atoms with Crippen LogP contribution < -0.4 is 10.6 Å². The summed E-state index contributed by atoms with van der Waals surface area (Å²) in [6, 6.07) is 9.24. The van der Waals surface area contributed by atoms with Gasteiger partial charge in [-0.25, -0.2) is 0 Å². The molecule has 0 bridgehead atoms. The van der Waals surface area contributed by atoms with E-state index in [1.807, 2.05) is 12.1 Å². The monoisotopic (exact) mass is 278 g/mol. The lowest BCUT2D eigenvalue weighted by molar-refractivity contribution is -0.122. The van der Waals surface area contributed by atoms with Crippen LogP contribution in [-0.4, -0.2) is 24.5 Å². The maximum Gasteiger partial charge on any atom is 0.220 e. The van der Waals surface area contributed by atoms with Crippen LogP contribution in [0.2, 0.25) is 5.02 Å². The Bertz CT molecular complexity index is 444. The number of hydrogen-bond acceptors (Lipinski definition) is 2. The van der Waals surface area contributed by atoms with Crippen LogP contribution in [0, 0.1) is 0 Å². The highest BCUT2D eigenvalue weighted by Crippen LogP contribution is 2.37. The number of rotatable bonds is 3. The first kappa shape index (κ1) is 12.9. The van der Waals surface area contributed by atoms with Gasteiger partial charge < -0.3 is 10.6 Å². The van der Waals surface area contributed by atoms with Gasteiger partial charge in [-0.15, -0.1) is 0 Å². The number of piperidine rings is 1. The minimum absolute atomic E-state index is 0.186. The van der Waals surface area contributed by atoms with Gasteiger partial charge >= 0.3 is 0 Å². The topological polar surface area (TPSA) is 41.1 Å². The molecule has 1 atom stereocenters. The SMILES string of the molecule is O=C1CCC(NC2CC(c3ccc(Cl)cc3)C2)CN1. The molecule has 4 heteroatoms. The van der Waals surface area contributed by atoms with E-state index >= 15 is 0 Å². The second-order valence-electron chi connectivity index (χ2n) is 5.62. The van der Waals surface area contributed by atoms with E-state index in [2.05, 4.69) is 22.8 Å². The number of hydrogen-bond donors (Lipinski definition) is 2. The smallest absolute Gasteiger partial charge is 0.220 e. The Morgan fingerprint density at radius 2 is 1.89 bits per heavy atom. The molecular weight excluding hydrogens is 260 g/mol. The number of nitrogens with one attached hydrogen (secondary N) is 2. The zero-order valence-corrected chi connectivity index (χ0v) is 11.6. The summed E-state index contributed by atoms with van der Waals surface area (Å²) in [6.45, 7) is 0.779. The lowest BCUT2D eigenvalue weighted by Gasteiger charge is -2.39. The maximum absolute atomic E-state index is 11.1. The average molecular weight is 279 g/mol. The van der Waals surface area contributed by atoms with E-state index in [0.717, 1.165) is 18.0 Å². The summed E-state index contributed by atoms with van der Waals surface area (Å²) in [7, 11) is 0. The molecular formula is C15H19ClN2O. The van der Waals surface area contributed by atoms with E-state index in [0.29, 0.717) is 24.4 Å². The van der Waals surface area contributed by atoms with E-state index in [9.17, 15) is 4.79 Å². The fraction of sp³-hybridized carbons (Fsp3) is 0.533. The number of halogens is 1. The minimum atomic E-state index is 0.186. The first-order valence-corrected chi connectivity index (χ1v) is 7.37. The molecule has 3 rings (SSSR count). The van der Waals surface area contributed by atoms with Crippen molar-refractivity contribution in [3.63, 3.8) is 0 Å². The standard InChI is InChI=1S/C15H19ClN2O/c16-12-3-1-10(2-4-12)11-7-14(8-11)18-13-5-6-15(19)17-9-13/h1-4,11,13-14,18H,5-9H2,(H,17,19). The van der Waals surface area contributed by atoms with Crippen LogP contribution in [0.25, 0.3) is 0 Å². The highest BCUT2D eigenvalue weighted by Gasteiger charge is 2.32. The van der Waals surface area contributed by atoms with Crippen molar-refractivity contribution in [3.05, 3.63) is 34.9 Å². The van der Waals surface area contributed by atoms with Crippen molar-refractivity contribution in [2.75, 3.05) is 6.54 Å². The Morgan fingerprint density at radius 1 is 1.16 bits per heavy atom. The molecule has 2 aliphatic rings. The number of carbonyl (C=O) groups excluding carboxylic acids is 1. The third-order valence-electron chi connectivity index (χ3n) is 4.22. The predicted octanol–water partition coefficient (Wildman–Crippen LogP) is 2.45. The molecule has 1 aliphatic carbocycles. The molecule has 0 radical (unpaired) electrons. The molecule has 2 N–H and O–H groups in total. The number of carbonyl (C=O) groups is 1. The Hall–Kier alpha value is -1.06. The molecule has 1 aromatic carbocycles. The third kappa shape index (κ3) is 3.10. The van der Waals surface area contributed by atoms with E-state index < -0.39 is 0 Å². The van der Waals surface area contributed by atoms with Crippen LogP contribution in [-0.2, 0) is 4.79 Å². The van der Waals surface area contributed by atoms with Gasteiger partial charge in [0.05, 0.1) is 0 Å². The lowest BCUT2D eigenvalue weighted by Crippen LogP contribution is -2.52. The Morgan fingerprint density at radius 3 is 2.53 bits per heavy atom. The molecule has 0 spiro atoms. The highest BCUT2D eigenvalue weighted by atomic mass is 35.5. The number of benzene rings is 1. The first-order chi connectivity index (χ1) is 9.20. The van der Waals surface area contributed by atoms with Gasteiger partial charge in [-0.3, -0.25) is 4.79 Å². The highest BCUT2D eigenvalue weighted by molar-refractivity contribution is 6.30. The maximum atomic E-state index is 11.1. The zero-order valence-electron chi connectivity index (χ0n) is 10.9. The van der Waals surface area contributed by atoms with Crippen LogP contribution in [0.5, 0.6) is 0 Å².